The first-order valence-electron chi connectivity index (χ1n) is 5.99. The summed E-state index contributed by atoms with van der Waals surface area (Å²) in [5, 5.41) is 3.79. The largest absolute Gasteiger partial charge is 0.452 e. The van der Waals surface area contributed by atoms with Gasteiger partial charge in [0.05, 0.1) is 0 Å². The molecule has 2 aromatic heterocycles. The molecule has 0 aliphatic heterocycles. The molecule has 6 heteroatoms. The first kappa shape index (κ1) is 14.7. The van der Waals surface area contributed by atoms with Gasteiger partial charge in [0.1, 0.15) is 0 Å². The zero-order valence-electron chi connectivity index (χ0n) is 11.1. The lowest BCUT2D eigenvalue weighted by atomic mass is 10.1. The van der Waals surface area contributed by atoms with Crippen LogP contribution >= 0.6 is 22.7 Å². The Hall–Kier alpha value is -1.66. The maximum Gasteiger partial charge on any atom is 0.303 e. The van der Waals surface area contributed by atoms with Crippen LogP contribution in [0.15, 0.2) is 35.0 Å². The van der Waals surface area contributed by atoms with E-state index in [0.717, 1.165) is 9.75 Å². The summed E-state index contributed by atoms with van der Waals surface area (Å²) < 4.78 is 10.8. The van der Waals surface area contributed by atoms with Crippen LogP contribution in [0.5, 0.6) is 0 Å². The molecule has 0 amide bonds. The molecule has 0 saturated carbocycles. The van der Waals surface area contributed by atoms with Crippen molar-refractivity contribution in [2.45, 2.75) is 26.1 Å². The highest BCUT2D eigenvalue weighted by Crippen LogP contribution is 2.39. The molecule has 2 heterocycles. The predicted octanol–water partition coefficient (Wildman–Crippen LogP) is 3.72. The highest BCUT2D eigenvalue weighted by atomic mass is 32.1. The SMILES string of the molecule is CC(=O)OC(c1cccs1)C(OC(C)=O)c1cccs1. The molecule has 0 radical (unpaired) electrons. The Morgan fingerprint density at radius 3 is 1.55 bits per heavy atom. The average Bonchev–Trinajstić information content (AvgIpc) is 3.04. The van der Waals surface area contributed by atoms with Crippen LogP contribution in [-0.2, 0) is 19.1 Å². The zero-order chi connectivity index (χ0) is 14.5. The number of ether oxygens (including phenoxy) is 2. The number of rotatable bonds is 5. The standard InChI is InChI=1S/C14H14O4S2/c1-9(15)17-13(11-5-3-7-19-11)14(18-10(2)16)12-6-4-8-20-12/h3-8,13-14H,1-2H3. The number of hydrogen-bond donors (Lipinski definition) is 0. The normalized spacial score (nSPS) is 13.5. The summed E-state index contributed by atoms with van der Waals surface area (Å²) >= 11 is 2.92. The van der Waals surface area contributed by atoms with E-state index in [1.54, 1.807) is 0 Å². The third-order valence-electron chi connectivity index (χ3n) is 2.51. The van der Waals surface area contributed by atoms with Gasteiger partial charge in [-0.2, -0.15) is 0 Å². The minimum atomic E-state index is -0.616. The summed E-state index contributed by atoms with van der Waals surface area (Å²) in [6, 6.07) is 7.47. The fourth-order valence-corrected chi connectivity index (χ4v) is 3.36. The molecule has 20 heavy (non-hydrogen) atoms. The summed E-state index contributed by atoms with van der Waals surface area (Å²) in [5.41, 5.74) is 0. The fraction of sp³-hybridized carbons (Fsp3) is 0.286. The van der Waals surface area contributed by atoms with Crippen molar-refractivity contribution >= 4 is 34.6 Å². The van der Waals surface area contributed by atoms with Crippen LogP contribution < -0.4 is 0 Å². The van der Waals surface area contributed by atoms with Crippen molar-refractivity contribution in [3.8, 4) is 0 Å². The Kier molecular flexibility index (Phi) is 4.92. The van der Waals surface area contributed by atoms with Gasteiger partial charge in [-0.15, -0.1) is 22.7 Å². The lowest BCUT2D eigenvalue weighted by Crippen LogP contribution is -2.20. The van der Waals surface area contributed by atoms with Gasteiger partial charge in [0, 0.05) is 23.6 Å². The highest BCUT2D eigenvalue weighted by molar-refractivity contribution is 7.10. The van der Waals surface area contributed by atoms with Crippen molar-refractivity contribution in [1.29, 1.82) is 0 Å². The van der Waals surface area contributed by atoms with Crippen LogP contribution in [0.25, 0.3) is 0 Å². The van der Waals surface area contributed by atoms with E-state index in [-0.39, 0.29) is 0 Å². The zero-order valence-corrected chi connectivity index (χ0v) is 12.7. The molecule has 0 aromatic carbocycles. The second-order valence-electron chi connectivity index (χ2n) is 4.09. The van der Waals surface area contributed by atoms with E-state index in [0.29, 0.717) is 0 Å². The first-order chi connectivity index (χ1) is 9.58. The molecule has 0 N–H and O–H groups in total. The molecule has 2 rings (SSSR count). The average molecular weight is 310 g/mol. The highest BCUT2D eigenvalue weighted by Gasteiger charge is 2.32. The summed E-state index contributed by atoms with van der Waals surface area (Å²) in [7, 11) is 0. The molecular formula is C14H14O4S2. The number of carbonyl (C=O) groups excluding carboxylic acids is 2. The summed E-state index contributed by atoms with van der Waals surface area (Å²) in [6.07, 6.45) is -1.23. The molecule has 0 bridgehead atoms. The Balaban J connectivity index is 2.35. The number of esters is 2. The van der Waals surface area contributed by atoms with E-state index in [2.05, 4.69) is 0 Å². The maximum atomic E-state index is 11.4. The van der Waals surface area contributed by atoms with Gasteiger partial charge in [-0.1, -0.05) is 12.1 Å². The molecule has 106 valence electrons. The van der Waals surface area contributed by atoms with Crippen molar-refractivity contribution in [1.82, 2.24) is 0 Å². The Bertz CT molecular complexity index is 508. The Labute approximate surface area is 125 Å². The molecule has 0 saturated heterocycles. The summed E-state index contributed by atoms with van der Waals surface area (Å²) in [4.78, 5) is 24.4. The van der Waals surface area contributed by atoms with Gasteiger partial charge in [-0.05, 0) is 22.9 Å². The lowest BCUT2D eigenvalue weighted by Gasteiger charge is -2.24. The molecule has 2 unspecified atom stereocenters. The van der Waals surface area contributed by atoms with Crippen molar-refractivity contribution in [3.63, 3.8) is 0 Å². The first-order valence-corrected chi connectivity index (χ1v) is 7.75. The lowest BCUT2D eigenvalue weighted by molar-refractivity contribution is -0.166. The van der Waals surface area contributed by atoms with Crippen molar-refractivity contribution in [2.24, 2.45) is 0 Å². The monoisotopic (exact) mass is 310 g/mol. The minimum Gasteiger partial charge on any atom is -0.452 e. The van der Waals surface area contributed by atoms with E-state index in [9.17, 15) is 9.59 Å². The second-order valence-corrected chi connectivity index (χ2v) is 6.05. The Morgan fingerprint density at radius 2 is 1.30 bits per heavy atom. The van der Waals surface area contributed by atoms with Gasteiger partial charge < -0.3 is 9.47 Å². The topological polar surface area (TPSA) is 52.6 Å². The van der Waals surface area contributed by atoms with Gasteiger partial charge in [0.25, 0.3) is 0 Å². The second kappa shape index (κ2) is 6.67. The smallest absolute Gasteiger partial charge is 0.303 e. The van der Waals surface area contributed by atoms with Crippen LogP contribution in [0.3, 0.4) is 0 Å². The number of carbonyl (C=O) groups is 2. The van der Waals surface area contributed by atoms with E-state index in [4.69, 9.17) is 9.47 Å². The van der Waals surface area contributed by atoms with Gasteiger partial charge in [-0.3, -0.25) is 9.59 Å². The van der Waals surface area contributed by atoms with Gasteiger partial charge in [-0.25, -0.2) is 0 Å². The van der Waals surface area contributed by atoms with Crippen molar-refractivity contribution in [2.75, 3.05) is 0 Å². The van der Waals surface area contributed by atoms with Gasteiger partial charge >= 0.3 is 11.9 Å². The number of thiophene rings is 2. The van der Waals surface area contributed by atoms with E-state index >= 15 is 0 Å². The predicted molar refractivity (Wildman–Crippen MR) is 77.7 cm³/mol. The fourth-order valence-electron chi connectivity index (χ4n) is 1.80. The Morgan fingerprint density at radius 1 is 0.900 bits per heavy atom. The van der Waals surface area contributed by atoms with Crippen LogP contribution in [0.4, 0.5) is 0 Å². The van der Waals surface area contributed by atoms with Gasteiger partial charge in [0.15, 0.2) is 12.2 Å². The van der Waals surface area contributed by atoms with Crippen molar-refractivity contribution in [3.05, 3.63) is 44.8 Å². The summed E-state index contributed by atoms with van der Waals surface area (Å²) in [6.45, 7) is 2.69. The minimum absolute atomic E-state index is 0.405. The van der Waals surface area contributed by atoms with Crippen LogP contribution in [-0.4, -0.2) is 11.9 Å². The third-order valence-corrected chi connectivity index (χ3v) is 4.38. The molecule has 0 spiro atoms. The van der Waals surface area contributed by atoms with Crippen LogP contribution in [0.1, 0.15) is 35.8 Å². The molecule has 0 aliphatic rings. The number of hydrogen-bond acceptors (Lipinski definition) is 6. The van der Waals surface area contributed by atoms with E-state index < -0.39 is 24.1 Å². The molecule has 0 fully saturated rings. The van der Waals surface area contributed by atoms with Gasteiger partial charge in [0.2, 0.25) is 0 Å². The van der Waals surface area contributed by atoms with E-state index in [1.165, 1.54) is 36.5 Å². The molecule has 4 nitrogen and oxygen atoms in total. The summed E-state index contributed by atoms with van der Waals surface area (Å²) in [5.74, 6) is -0.811. The quantitative estimate of drug-likeness (QED) is 0.790. The molecular weight excluding hydrogens is 296 g/mol. The molecule has 2 aromatic rings. The van der Waals surface area contributed by atoms with E-state index in [1.807, 2.05) is 35.0 Å². The molecule has 2 atom stereocenters. The van der Waals surface area contributed by atoms with Crippen LogP contribution in [0.2, 0.25) is 0 Å². The maximum absolute atomic E-state index is 11.4. The third kappa shape index (κ3) is 3.68. The molecule has 0 aliphatic carbocycles. The van der Waals surface area contributed by atoms with Crippen LogP contribution in [0, 0.1) is 0 Å². The van der Waals surface area contributed by atoms with Crippen molar-refractivity contribution < 1.29 is 19.1 Å².